The molecule has 370 valence electrons. The maximum Gasteiger partial charge on any atom is 0.136 e. The van der Waals surface area contributed by atoms with Crippen molar-refractivity contribution in [3.8, 4) is 66.8 Å². The number of fused-ring (bicyclic) bond motifs is 12. The molecule has 0 atom stereocenters. The van der Waals surface area contributed by atoms with Crippen LogP contribution < -0.4 is 0 Å². The minimum atomic E-state index is 0.873. The molecule has 0 bridgehead atoms. The van der Waals surface area contributed by atoms with Gasteiger partial charge in [0.1, 0.15) is 22.3 Å². The molecule has 0 N–H and O–H groups in total. The Morgan fingerprint density at radius 2 is 0.512 bits per heavy atom. The van der Waals surface area contributed by atoms with E-state index in [1.54, 1.807) is 0 Å². The van der Waals surface area contributed by atoms with Gasteiger partial charge in [-0.1, -0.05) is 218 Å². The maximum absolute atomic E-state index is 6.89. The Balaban J connectivity index is 0.756. The molecule has 0 aliphatic rings. The van der Waals surface area contributed by atoms with Crippen LogP contribution >= 0.6 is 0 Å². The van der Waals surface area contributed by atoms with E-state index in [1.165, 1.54) is 104 Å². The molecule has 0 saturated heterocycles. The van der Waals surface area contributed by atoms with Crippen LogP contribution in [0.5, 0.6) is 0 Å². The SMILES string of the molecule is c1ccc(-c2c3ccccc3c(-c3cccc(-c4ccc5c(c4)oc4cc6c(-c7cccc(-c8c9ccccc9c(-c9ccc%10c(c9)oc9cc%11ccccc%11cc9%10)c9ccccc89)c7)cccc6cc45)c3)c3ccccc23)cc1. The van der Waals surface area contributed by atoms with Crippen molar-refractivity contribution in [2.45, 2.75) is 0 Å². The molecule has 17 aromatic rings. The molecule has 0 aliphatic heterocycles. The third-order valence-electron chi connectivity index (χ3n) is 17.0. The Hall–Kier alpha value is -10.5. The highest BCUT2D eigenvalue weighted by atomic mass is 16.3. The third-order valence-corrected chi connectivity index (χ3v) is 17.0. The van der Waals surface area contributed by atoms with E-state index >= 15 is 0 Å². The van der Waals surface area contributed by atoms with E-state index in [4.69, 9.17) is 8.83 Å². The molecule has 80 heavy (non-hydrogen) atoms. The molecule has 0 amide bonds. The lowest BCUT2D eigenvalue weighted by Gasteiger charge is -2.18. The van der Waals surface area contributed by atoms with Crippen LogP contribution in [0.1, 0.15) is 0 Å². The molecule has 0 saturated carbocycles. The van der Waals surface area contributed by atoms with Crippen molar-refractivity contribution in [3.05, 3.63) is 279 Å². The van der Waals surface area contributed by atoms with E-state index in [-0.39, 0.29) is 0 Å². The molecule has 2 aromatic heterocycles. The van der Waals surface area contributed by atoms with Gasteiger partial charge < -0.3 is 8.83 Å². The summed E-state index contributed by atoms with van der Waals surface area (Å²) >= 11 is 0. The van der Waals surface area contributed by atoms with E-state index in [0.717, 1.165) is 71.5 Å². The lowest BCUT2D eigenvalue weighted by molar-refractivity contribution is 0.669. The highest BCUT2D eigenvalue weighted by Crippen LogP contribution is 2.48. The van der Waals surface area contributed by atoms with Crippen LogP contribution in [0.25, 0.3) is 175 Å². The van der Waals surface area contributed by atoms with Gasteiger partial charge >= 0.3 is 0 Å². The van der Waals surface area contributed by atoms with Crippen molar-refractivity contribution >= 4 is 109 Å². The van der Waals surface area contributed by atoms with Crippen molar-refractivity contribution in [3.63, 3.8) is 0 Å². The van der Waals surface area contributed by atoms with Crippen LogP contribution in [0, 0.1) is 0 Å². The van der Waals surface area contributed by atoms with Crippen LogP contribution in [-0.4, -0.2) is 0 Å². The summed E-state index contributed by atoms with van der Waals surface area (Å²) < 4.78 is 13.5. The quantitative estimate of drug-likeness (QED) is 0.155. The molecule has 2 heterocycles. The van der Waals surface area contributed by atoms with Crippen LogP contribution in [0.4, 0.5) is 0 Å². The monoisotopic (exact) mass is 1010 g/mol. The summed E-state index contributed by atoms with van der Waals surface area (Å²) in [5.74, 6) is 0. The van der Waals surface area contributed by atoms with Gasteiger partial charge in [-0.25, -0.2) is 0 Å². The van der Waals surface area contributed by atoms with Gasteiger partial charge in [-0.05, 0) is 192 Å². The molecule has 2 nitrogen and oxygen atoms in total. The summed E-state index contributed by atoms with van der Waals surface area (Å²) in [5.41, 5.74) is 17.8. The molecule has 0 spiro atoms. The predicted octanol–water partition coefficient (Wildman–Crippen LogP) is 22.4. The van der Waals surface area contributed by atoms with Gasteiger partial charge in [0.05, 0.1) is 0 Å². The Bertz CT molecular complexity index is 5310. The number of furan rings is 2. The number of hydrogen-bond donors (Lipinski definition) is 0. The Labute approximate surface area is 460 Å². The van der Waals surface area contributed by atoms with Crippen molar-refractivity contribution in [2.24, 2.45) is 0 Å². The van der Waals surface area contributed by atoms with Crippen LogP contribution in [0.2, 0.25) is 0 Å². The first-order chi connectivity index (χ1) is 39.6. The Morgan fingerprint density at radius 1 is 0.163 bits per heavy atom. The standard InChI is InChI=1S/C78H46O2/c1-2-17-47(18-3-1)75-60-26-6-8-28-62(60)76(63-29-9-7-27-61(63)75)54-24-14-21-48(39-54)51-35-37-58-70-42-53-23-16-34-57(68(53)46-74(70)80-71(58)44-51)52-22-15-25-55(40-52)77-64-30-10-12-32-66(64)78(67-33-13-11-31-65(67)77)56-36-38-59-69-41-49-19-4-5-20-50(49)43-73(69)79-72(59)45-56/h1-46H. The first-order valence-electron chi connectivity index (χ1n) is 27.5. The average molecular weight is 1020 g/mol. The molecule has 0 radical (unpaired) electrons. The van der Waals surface area contributed by atoms with Crippen molar-refractivity contribution in [2.75, 3.05) is 0 Å². The van der Waals surface area contributed by atoms with Gasteiger partial charge in [0, 0.05) is 21.5 Å². The second-order valence-electron chi connectivity index (χ2n) is 21.4. The van der Waals surface area contributed by atoms with Gasteiger partial charge in [0.2, 0.25) is 0 Å². The van der Waals surface area contributed by atoms with Crippen molar-refractivity contribution in [1.82, 2.24) is 0 Å². The first-order valence-corrected chi connectivity index (χ1v) is 27.5. The van der Waals surface area contributed by atoms with E-state index < -0.39 is 0 Å². The molecule has 15 aromatic carbocycles. The fourth-order valence-corrected chi connectivity index (χ4v) is 13.4. The number of benzene rings is 15. The normalized spacial score (nSPS) is 12.0. The molecule has 0 aliphatic carbocycles. The summed E-state index contributed by atoms with van der Waals surface area (Å²) in [7, 11) is 0. The van der Waals surface area contributed by atoms with Crippen LogP contribution in [0.3, 0.4) is 0 Å². The van der Waals surface area contributed by atoms with E-state index in [9.17, 15) is 0 Å². The van der Waals surface area contributed by atoms with Crippen LogP contribution in [0.15, 0.2) is 288 Å². The molecule has 17 rings (SSSR count). The molecule has 0 fully saturated rings. The molecular formula is C78H46O2. The number of hydrogen-bond acceptors (Lipinski definition) is 2. The number of rotatable bonds is 6. The Morgan fingerprint density at radius 3 is 1.07 bits per heavy atom. The maximum atomic E-state index is 6.89. The third kappa shape index (κ3) is 6.86. The highest BCUT2D eigenvalue weighted by Gasteiger charge is 2.21. The second kappa shape index (κ2) is 17.5. The second-order valence-corrected chi connectivity index (χ2v) is 21.4. The van der Waals surface area contributed by atoms with Crippen LogP contribution in [-0.2, 0) is 0 Å². The summed E-state index contributed by atoms with van der Waals surface area (Å²) in [5, 5.41) is 19.0. The topological polar surface area (TPSA) is 26.3 Å². The lowest BCUT2D eigenvalue weighted by Crippen LogP contribution is -1.91. The predicted molar refractivity (Wildman–Crippen MR) is 339 cm³/mol. The van der Waals surface area contributed by atoms with Gasteiger partial charge in [-0.3, -0.25) is 0 Å². The minimum Gasteiger partial charge on any atom is -0.456 e. The van der Waals surface area contributed by atoms with Crippen molar-refractivity contribution in [1.29, 1.82) is 0 Å². The first kappa shape index (κ1) is 44.6. The largest absolute Gasteiger partial charge is 0.456 e. The summed E-state index contributed by atoms with van der Waals surface area (Å²) in [4.78, 5) is 0. The van der Waals surface area contributed by atoms with Gasteiger partial charge in [0.25, 0.3) is 0 Å². The summed E-state index contributed by atoms with van der Waals surface area (Å²) in [6, 6.07) is 102. The van der Waals surface area contributed by atoms with Gasteiger partial charge in [-0.2, -0.15) is 0 Å². The van der Waals surface area contributed by atoms with Gasteiger partial charge in [0.15, 0.2) is 0 Å². The smallest absolute Gasteiger partial charge is 0.136 e. The van der Waals surface area contributed by atoms with E-state index in [2.05, 4.69) is 279 Å². The van der Waals surface area contributed by atoms with E-state index in [1.807, 2.05) is 0 Å². The fraction of sp³-hybridized carbons (Fsp3) is 0. The zero-order valence-corrected chi connectivity index (χ0v) is 43.4. The fourth-order valence-electron chi connectivity index (χ4n) is 13.4. The zero-order chi connectivity index (χ0) is 52.4. The average Bonchev–Trinajstić information content (AvgIpc) is 4.20. The molecule has 0 unspecified atom stereocenters. The lowest BCUT2D eigenvalue weighted by atomic mass is 9.85. The molecule has 2 heteroatoms. The minimum absolute atomic E-state index is 0.873. The highest BCUT2D eigenvalue weighted by molar-refractivity contribution is 6.24. The molecular weight excluding hydrogens is 969 g/mol. The summed E-state index contributed by atoms with van der Waals surface area (Å²) in [6.45, 7) is 0. The Kier molecular flexibility index (Phi) is 9.75. The van der Waals surface area contributed by atoms with Crippen molar-refractivity contribution < 1.29 is 8.83 Å². The zero-order valence-electron chi connectivity index (χ0n) is 43.4. The summed E-state index contributed by atoms with van der Waals surface area (Å²) in [6.07, 6.45) is 0. The van der Waals surface area contributed by atoms with Gasteiger partial charge in [-0.15, -0.1) is 0 Å². The van der Waals surface area contributed by atoms with E-state index in [0.29, 0.717) is 0 Å².